The number of nitrogens with zero attached hydrogens (tertiary/aromatic N) is 3. The highest BCUT2D eigenvalue weighted by Gasteiger charge is 2.14. The van der Waals surface area contributed by atoms with Crippen molar-refractivity contribution in [2.75, 3.05) is 13.7 Å². The molecule has 0 N–H and O–H groups in total. The van der Waals surface area contributed by atoms with Crippen LogP contribution in [0.1, 0.15) is 17.4 Å². The molecule has 2 heterocycles. The van der Waals surface area contributed by atoms with Gasteiger partial charge in [-0.05, 0) is 19.1 Å². The van der Waals surface area contributed by atoms with E-state index in [-0.39, 0.29) is 5.69 Å². The zero-order valence-electron chi connectivity index (χ0n) is 10.5. The number of aromatic nitrogens is 3. The van der Waals surface area contributed by atoms with Crippen LogP contribution in [0.4, 0.5) is 0 Å². The lowest BCUT2D eigenvalue weighted by Crippen LogP contribution is -2.09. The second kappa shape index (κ2) is 5.71. The molecule has 0 aliphatic carbocycles. The number of imidazole rings is 1. The Morgan fingerprint density at radius 3 is 2.84 bits per heavy atom. The third kappa shape index (κ3) is 2.85. The van der Waals surface area contributed by atoms with Crippen LogP contribution in [0, 0.1) is 0 Å². The van der Waals surface area contributed by atoms with Gasteiger partial charge in [-0.3, -0.25) is 4.57 Å². The van der Waals surface area contributed by atoms with Crippen LogP contribution in [0.3, 0.4) is 0 Å². The van der Waals surface area contributed by atoms with E-state index in [1.54, 1.807) is 29.8 Å². The molecule has 2 aromatic rings. The molecule has 0 fully saturated rings. The van der Waals surface area contributed by atoms with Gasteiger partial charge >= 0.3 is 5.97 Å². The van der Waals surface area contributed by atoms with Crippen LogP contribution in [0.15, 0.2) is 24.7 Å². The predicted molar refractivity (Wildman–Crippen MR) is 68.9 cm³/mol. The molecule has 100 valence electrons. The summed E-state index contributed by atoms with van der Waals surface area (Å²) in [6, 6.07) is 3.25. The van der Waals surface area contributed by atoms with Crippen LogP contribution in [0.2, 0.25) is 5.15 Å². The first kappa shape index (κ1) is 13.4. The third-order valence-corrected chi connectivity index (χ3v) is 2.54. The highest BCUT2D eigenvalue weighted by atomic mass is 35.5. The molecular weight excluding hydrogens is 270 g/mol. The van der Waals surface area contributed by atoms with Gasteiger partial charge in [-0.1, -0.05) is 11.6 Å². The second-order valence-corrected chi connectivity index (χ2v) is 3.94. The Bertz CT molecular complexity index is 598. The van der Waals surface area contributed by atoms with E-state index in [0.717, 1.165) is 0 Å². The zero-order chi connectivity index (χ0) is 13.8. The lowest BCUT2D eigenvalue weighted by molar-refractivity contribution is 0.0518. The Morgan fingerprint density at radius 2 is 2.26 bits per heavy atom. The number of carbonyl (C=O) groups is 1. The fourth-order valence-corrected chi connectivity index (χ4v) is 1.68. The molecule has 0 spiro atoms. The highest BCUT2D eigenvalue weighted by molar-refractivity contribution is 6.29. The molecule has 7 heteroatoms. The lowest BCUT2D eigenvalue weighted by Gasteiger charge is -2.09. The summed E-state index contributed by atoms with van der Waals surface area (Å²) in [5.41, 5.74) is 0.823. The molecule has 2 rings (SSSR count). The number of hydrogen-bond donors (Lipinski definition) is 0. The minimum atomic E-state index is -0.490. The van der Waals surface area contributed by atoms with E-state index in [2.05, 4.69) is 9.97 Å². The van der Waals surface area contributed by atoms with E-state index in [1.165, 1.54) is 13.4 Å². The average molecular weight is 282 g/mol. The zero-order valence-corrected chi connectivity index (χ0v) is 11.2. The van der Waals surface area contributed by atoms with Gasteiger partial charge in [0.2, 0.25) is 5.88 Å². The van der Waals surface area contributed by atoms with Crippen LogP contribution >= 0.6 is 11.6 Å². The molecule has 2 aromatic heterocycles. The topological polar surface area (TPSA) is 66.2 Å². The van der Waals surface area contributed by atoms with Crippen LogP contribution < -0.4 is 4.74 Å². The second-order valence-electron chi connectivity index (χ2n) is 3.55. The summed E-state index contributed by atoms with van der Waals surface area (Å²) in [5.74, 6) is -0.198. The molecule has 0 radical (unpaired) electrons. The van der Waals surface area contributed by atoms with Gasteiger partial charge in [-0.25, -0.2) is 14.8 Å². The van der Waals surface area contributed by atoms with Crippen molar-refractivity contribution in [2.24, 2.45) is 0 Å². The van der Waals surface area contributed by atoms with Crippen molar-refractivity contribution in [3.05, 3.63) is 35.5 Å². The highest BCUT2D eigenvalue weighted by Crippen LogP contribution is 2.22. The van der Waals surface area contributed by atoms with E-state index in [9.17, 15) is 4.79 Å². The Morgan fingerprint density at radius 1 is 1.47 bits per heavy atom. The molecule has 0 amide bonds. The van der Waals surface area contributed by atoms with Crippen molar-refractivity contribution in [3.63, 3.8) is 0 Å². The molecule has 0 aromatic carbocycles. The third-order valence-electron chi connectivity index (χ3n) is 2.35. The molecule has 0 aliphatic heterocycles. The molecule has 0 aliphatic rings. The number of carbonyl (C=O) groups excluding carboxylic acids is 1. The number of ether oxygens (including phenoxy) is 2. The summed E-state index contributed by atoms with van der Waals surface area (Å²) in [6.45, 7) is 2.03. The number of methoxy groups -OCH3 is 1. The molecule has 6 nitrogen and oxygen atoms in total. The van der Waals surface area contributed by atoms with E-state index in [4.69, 9.17) is 21.1 Å². The summed E-state index contributed by atoms with van der Waals surface area (Å²) in [5, 5.41) is 0.358. The van der Waals surface area contributed by atoms with Crippen molar-refractivity contribution in [3.8, 4) is 11.6 Å². The number of rotatable bonds is 4. The minimum Gasteiger partial charge on any atom is -0.479 e. The van der Waals surface area contributed by atoms with Gasteiger partial charge in [0, 0.05) is 6.20 Å². The first-order chi connectivity index (χ1) is 9.15. The van der Waals surface area contributed by atoms with Crippen LogP contribution in [-0.2, 0) is 4.74 Å². The maximum atomic E-state index is 11.6. The fraction of sp³-hybridized carbons (Fsp3) is 0.250. The van der Waals surface area contributed by atoms with Crippen LogP contribution in [-0.4, -0.2) is 34.2 Å². The summed E-state index contributed by atoms with van der Waals surface area (Å²) in [7, 11) is 1.47. The van der Waals surface area contributed by atoms with Gasteiger partial charge in [-0.2, -0.15) is 0 Å². The van der Waals surface area contributed by atoms with Gasteiger partial charge in [0.1, 0.15) is 17.2 Å². The normalized spacial score (nSPS) is 10.3. The Kier molecular flexibility index (Phi) is 4.01. The first-order valence-electron chi connectivity index (χ1n) is 5.57. The van der Waals surface area contributed by atoms with Crippen LogP contribution in [0.25, 0.3) is 5.69 Å². The van der Waals surface area contributed by atoms with Gasteiger partial charge in [0.25, 0.3) is 0 Å². The number of esters is 1. The van der Waals surface area contributed by atoms with Crippen LogP contribution in [0.5, 0.6) is 5.88 Å². The van der Waals surface area contributed by atoms with Gasteiger partial charge in [0.15, 0.2) is 5.69 Å². The van der Waals surface area contributed by atoms with Crippen molar-refractivity contribution in [2.45, 2.75) is 6.92 Å². The largest absolute Gasteiger partial charge is 0.479 e. The van der Waals surface area contributed by atoms with Gasteiger partial charge in [0.05, 0.1) is 13.7 Å². The minimum absolute atomic E-state index is 0.189. The fourth-order valence-electron chi connectivity index (χ4n) is 1.53. The molecular formula is C12H12ClN3O3. The van der Waals surface area contributed by atoms with E-state index < -0.39 is 5.97 Å². The van der Waals surface area contributed by atoms with E-state index >= 15 is 0 Å². The van der Waals surface area contributed by atoms with Crippen molar-refractivity contribution < 1.29 is 14.3 Å². The predicted octanol–water partition coefficient (Wildman–Crippen LogP) is 2.11. The Balaban J connectivity index is 2.39. The van der Waals surface area contributed by atoms with Crippen molar-refractivity contribution >= 4 is 17.6 Å². The molecule has 0 saturated carbocycles. The van der Waals surface area contributed by atoms with Crippen molar-refractivity contribution in [1.82, 2.24) is 14.5 Å². The SMILES string of the molecule is CCOC(=O)c1ccc(-n2cnc(Cl)c2)c(OC)n1. The smallest absolute Gasteiger partial charge is 0.357 e. The monoisotopic (exact) mass is 281 g/mol. The molecule has 0 saturated heterocycles. The maximum absolute atomic E-state index is 11.6. The summed E-state index contributed by atoms with van der Waals surface area (Å²) >= 11 is 5.76. The van der Waals surface area contributed by atoms with E-state index in [0.29, 0.717) is 23.3 Å². The summed E-state index contributed by atoms with van der Waals surface area (Å²) in [4.78, 5) is 19.6. The first-order valence-corrected chi connectivity index (χ1v) is 5.95. The van der Waals surface area contributed by atoms with E-state index in [1.807, 2.05) is 0 Å². The van der Waals surface area contributed by atoms with Gasteiger partial charge in [-0.15, -0.1) is 0 Å². The number of pyridine rings is 1. The summed E-state index contributed by atoms with van der Waals surface area (Å²) < 4.78 is 11.7. The Hall–Kier alpha value is -2.08. The maximum Gasteiger partial charge on any atom is 0.357 e. The van der Waals surface area contributed by atoms with Gasteiger partial charge < -0.3 is 9.47 Å². The Labute approximate surface area is 114 Å². The quantitative estimate of drug-likeness (QED) is 0.803. The molecule has 0 unspecified atom stereocenters. The van der Waals surface area contributed by atoms with Crippen molar-refractivity contribution in [1.29, 1.82) is 0 Å². The average Bonchev–Trinajstić information content (AvgIpc) is 2.84. The standard InChI is InChI=1S/C12H12ClN3O3/c1-3-19-12(17)8-4-5-9(11(15-8)18-2)16-6-10(13)14-7-16/h4-7H,3H2,1-2H3. The lowest BCUT2D eigenvalue weighted by atomic mass is 10.3. The number of hydrogen-bond acceptors (Lipinski definition) is 5. The number of halogens is 1. The molecule has 19 heavy (non-hydrogen) atoms. The summed E-state index contributed by atoms with van der Waals surface area (Å²) in [6.07, 6.45) is 3.15. The molecule has 0 bridgehead atoms. The molecule has 0 atom stereocenters.